The van der Waals surface area contributed by atoms with Crippen LogP contribution in [0.5, 0.6) is 0 Å². The Kier molecular flexibility index (Phi) is 5.71. The Balaban J connectivity index is 1.66. The molecule has 1 aliphatic carbocycles. The molecule has 0 spiro atoms. The van der Waals surface area contributed by atoms with E-state index >= 15 is 0 Å². The molecule has 1 saturated carbocycles. The number of imide groups is 1. The highest BCUT2D eigenvalue weighted by Crippen LogP contribution is 2.43. The molecule has 30 heavy (non-hydrogen) atoms. The van der Waals surface area contributed by atoms with Crippen LogP contribution in [-0.2, 0) is 19.8 Å². The summed E-state index contributed by atoms with van der Waals surface area (Å²) in [5.74, 6) is 0.250. The number of amides is 3. The third-order valence-corrected chi connectivity index (χ3v) is 7.26. The van der Waals surface area contributed by atoms with Crippen molar-refractivity contribution in [2.45, 2.75) is 56.9 Å². The van der Waals surface area contributed by atoms with Crippen molar-refractivity contribution < 1.29 is 14.4 Å². The Morgan fingerprint density at radius 3 is 2.67 bits per heavy atom. The maximum Gasteiger partial charge on any atom is 0.240 e. The van der Waals surface area contributed by atoms with Crippen LogP contribution in [0.2, 0.25) is 0 Å². The number of carbonyl (C=O) groups excluding carboxylic acids is 3. The summed E-state index contributed by atoms with van der Waals surface area (Å²) in [6.07, 6.45) is 4.69. The van der Waals surface area contributed by atoms with E-state index in [9.17, 15) is 14.4 Å². The minimum atomic E-state index is -1.08. The first kappa shape index (κ1) is 21.0. The standard InChI is InChI=1S/C24H33N3O3/c1-17-7-4-5-10-20(17)24(14-21(28)26(23(24)30)12-11-25(2)3)15-22(29)27-16-18-8-6-9-19(27)13-18/h4-5,7,10,18-19H,6,8-9,11-16H2,1-3H3/t18-,19+,24+/m0/s1. The molecule has 0 unspecified atom stereocenters. The lowest BCUT2D eigenvalue weighted by molar-refractivity contribution is -0.143. The van der Waals surface area contributed by atoms with Gasteiger partial charge < -0.3 is 9.80 Å². The van der Waals surface area contributed by atoms with Gasteiger partial charge in [0.2, 0.25) is 17.7 Å². The minimum Gasteiger partial charge on any atom is -0.339 e. The summed E-state index contributed by atoms with van der Waals surface area (Å²) in [5, 5.41) is 0. The zero-order valence-corrected chi connectivity index (χ0v) is 18.4. The van der Waals surface area contributed by atoms with E-state index in [1.165, 1.54) is 17.7 Å². The van der Waals surface area contributed by atoms with Gasteiger partial charge in [-0.05, 0) is 57.3 Å². The molecule has 2 bridgehead atoms. The van der Waals surface area contributed by atoms with Crippen LogP contribution >= 0.6 is 0 Å². The van der Waals surface area contributed by atoms with Gasteiger partial charge in [0.15, 0.2) is 0 Å². The van der Waals surface area contributed by atoms with Crippen molar-refractivity contribution in [1.29, 1.82) is 0 Å². The summed E-state index contributed by atoms with van der Waals surface area (Å²) >= 11 is 0. The van der Waals surface area contributed by atoms with Gasteiger partial charge in [-0.3, -0.25) is 19.3 Å². The fraction of sp³-hybridized carbons (Fsp3) is 0.625. The highest BCUT2D eigenvalue weighted by Gasteiger charge is 2.55. The van der Waals surface area contributed by atoms with E-state index in [0.717, 1.165) is 30.5 Å². The Morgan fingerprint density at radius 2 is 1.97 bits per heavy atom. The van der Waals surface area contributed by atoms with Crippen molar-refractivity contribution >= 4 is 17.7 Å². The Labute approximate surface area is 179 Å². The molecule has 3 fully saturated rings. The van der Waals surface area contributed by atoms with Crippen LogP contribution in [0.3, 0.4) is 0 Å². The van der Waals surface area contributed by atoms with Crippen molar-refractivity contribution in [2.24, 2.45) is 5.92 Å². The summed E-state index contributed by atoms with van der Waals surface area (Å²) < 4.78 is 0. The molecule has 3 amide bonds. The molecule has 1 aromatic rings. The van der Waals surface area contributed by atoms with Crippen LogP contribution in [0.25, 0.3) is 0 Å². The van der Waals surface area contributed by atoms with E-state index in [1.807, 2.05) is 55.1 Å². The molecule has 1 aromatic carbocycles. The molecule has 2 aliphatic heterocycles. The van der Waals surface area contributed by atoms with Gasteiger partial charge in [-0.15, -0.1) is 0 Å². The zero-order chi connectivity index (χ0) is 21.5. The lowest BCUT2D eigenvalue weighted by Crippen LogP contribution is -2.45. The lowest BCUT2D eigenvalue weighted by Gasteiger charge is -2.32. The summed E-state index contributed by atoms with van der Waals surface area (Å²) in [7, 11) is 3.85. The summed E-state index contributed by atoms with van der Waals surface area (Å²) in [5.41, 5.74) is 0.704. The number of aryl methyl sites for hydroxylation is 1. The number of hydrogen-bond acceptors (Lipinski definition) is 4. The van der Waals surface area contributed by atoms with E-state index in [0.29, 0.717) is 25.0 Å². The molecule has 3 aliphatic rings. The SMILES string of the molecule is Cc1ccccc1[C@]1(CC(=O)N2C[C@H]3CCC[C@@H]2C3)CC(=O)N(CCN(C)C)C1=O. The largest absolute Gasteiger partial charge is 0.339 e. The van der Waals surface area contributed by atoms with Gasteiger partial charge in [0.05, 0.1) is 5.41 Å². The second-order valence-corrected chi connectivity index (χ2v) is 9.64. The minimum absolute atomic E-state index is 0.0308. The number of likely N-dealkylation sites (tertiary alicyclic amines) is 2. The maximum absolute atomic E-state index is 13.7. The third kappa shape index (κ3) is 3.66. The monoisotopic (exact) mass is 411 g/mol. The first-order valence-electron chi connectivity index (χ1n) is 11.2. The van der Waals surface area contributed by atoms with E-state index < -0.39 is 5.41 Å². The number of likely N-dealkylation sites (N-methyl/N-ethyl adjacent to an activating group) is 1. The predicted molar refractivity (Wildman–Crippen MR) is 115 cm³/mol. The molecule has 0 aromatic heterocycles. The van der Waals surface area contributed by atoms with Gasteiger partial charge in [0.25, 0.3) is 0 Å². The number of hydrogen-bond donors (Lipinski definition) is 0. The maximum atomic E-state index is 13.7. The Hall–Kier alpha value is -2.21. The van der Waals surface area contributed by atoms with E-state index in [1.54, 1.807) is 0 Å². The van der Waals surface area contributed by atoms with Crippen LogP contribution in [0.4, 0.5) is 0 Å². The summed E-state index contributed by atoms with van der Waals surface area (Å²) in [6.45, 7) is 3.75. The number of nitrogens with zero attached hydrogens (tertiary/aromatic N) is 3. The van der Waals surface area contributed by atoms with Crippen LogP contribution in [0, 0.1) is 12.8 Å². The average molecular weight is 412 g/mol. The highest BCUT2D eigenvalue weighted by molar-refractivity contribution is 6.11. The number of benzene rings is 1. The second-order valence-electron chi connectivity index (χ2n) is 9.64. The van der Waals surface area contributed by atoms with Crippen LogP contribution in [0.1, 0.15) is 49.7 Å². The number of carbonyl (C=O) groups is 3. The molecule has 6 nitrogen and oxygen atoms in total. The smallest absolute Gasteiger partial charge is 0.240 e. The molecule has 3 atom stereocenters. The van der Waals surface area contributed by atoms with Gasteiger partial charge >= 0.3 is 0 Å². The quantitative estimate of drug-likeness (QED) is 0.674. The number of rotatable bonds is 6. The summed E-state index contributed by atoms with van der Waals surface area (Å²) in [6, 6.07) is 8.03. The first-order valence-corrected chi connectivity index (χ1v) is 11.2. The van der Waals surface area contributed by atoms with Crippen molar-refractivity contribution in [3.8, 4) is 0 Å². The van der Waals surface area contributed by atoms with Crippen molar-refractivity contribution in [2.75, 3.05) is 33.7 Å². The highest BCUT2D eigenvalue weighted by atomic mass is 16.2. The molecule has 0 N–H and O–H groups in total. The van der Waals surface area contributed by atoms with Crippen LogP contribution < -0.4 is 0 Å². The molecule has 6 heteroatoms. The molecule has 2 saturated heterocycles. The molecular formula is C24H33N3O3. The van der Waals surface area contributed by atoms with Gasteiger partial charge in [-0.25, -0.2) is 0 Å². The van der Waals surface area contributed by atoms with Crippen molar-refractivity contribution in [1.82, 2.24) is 14.7 Å². The third-order valence-electron chi connectivity index (χ3n) is 7.26. The lowest BCUT2D eigenvalue weighted by atomic mass is 9.74. The molecule has 162 valence electrons. The van der Waals surface area contributed by atoms with Gasteiger partial charge in [-0.1, -0.05) is 30.7 Å². The van der Waals surface area contributed by atoms with E-state index in [4.69, 9.17) is 0 Å². The second kappa shape index (κ2) is 8.14. The summed E-state index contributed by atoms with van der Waals surface area (Å²) in [4.78, 5) is 45.5. The zero-order valence-electron chi connectivity index (χ0n) is 18.4. The van der Waals surface area contributed by atoms with Gasteiger partial charge in [-0.2, -0.15) is 0 Å². The fourth-order valence-electron chi connectivity index (χ4n) is 5.68. The molecule has 2 heterocycles. The normalized spacial score (nSPS) is 28.7. The van der Waals surface area contributed by atoms with Crippen molar-refractivity contribution in [3.05, 3.63) is 35.4 Å². The van der Waals surface area contributed by atoms with Gasteiger partial charge in [0, 0.05) is 38.5 Å². The van der Waals surface area contributed by atoms with Crippen LogP contribution in [0.15, 0.2) is 24.3 Å². The molecule has 0 radical (unpaired) electrons. The van der Waals surface area contributed by atoms with Crippen molar-refractivity contribution in [3.63, 3.8) is 0 Å². The number of fused-ring (bicyclic) bond motifs is 2. The molecular weight excluding hydrogens is 378 g/mol. The van der Waals surface area contributed by atoms with Crippen LogP contribution in [-0.4, -0.2) is 72.2 Å². The average Bonchev–Trinajstić information content (AvgIpc) is 3.13. The Bertz CT molecular complexity index is 852. The first-order chi connectivity index (χ1) is 14.3. The van der Waals surface area contributed by atoms with Gasteiger partial charge in [0.1, 0.15) is 0 Å². The predicted octanol–water partition coefficient (Wildman–Crippen LogP) is 2.34. The van der Waals surface area contributed by atoms with E-state index in [2.05, 4.69) is 0 Å². The molecule has 4 rings (SSSR count). The van der Waals surface area contributed by atoms with E-state index in [-0.39, 0.29) is 30.6 Å². The topological polar surface area (TPSA) is 60.9 Å². The Morgan fingerprint density at radius 1 is 1.20 bits per heavy atom. The fourth-order valence-corrected chi connectivity index (χ4v) is 5.68.